The quantitative estimate of drug-likeness (QED) is 0.724. The zero-order valence-corrected chi connectivity index (χ0v) is 8.54. The van der Waals surface area contributed by atoms with Crippen LogP contribution in [0, 0.1) is 5.92 Å². The zero-order chi connectivity index (χ0) is 8.23. The molecule has 0 radical (unpaired) electrons. The molecule has 1 heterocycles. The van der Waals surface area contributed by atoms with Gasteiger partial charge in [0, 0.05) is 11.8 Å². The van der Waals surface area contributed by atoms with Gasteiger partial charge in [-0.1, -0.05) is 6.42 Å². The highest BCUT2D eigenvalue weighted by atomic mass is 32.2. The Balaban J connectivity index is 1.58. The lowest BCUT2D eigenvalue weighted by atomic mass is 9.87. The second kappa shape index (κ2) is 4.52. The maximum absolute atomic E-state index is 3.47. The lowest BCUT2D eigenvalue weighted by Gasteiger charge is -2.28. The van der Waals surface area contributed by atoms with Gasteiger partial charge in [-0.05, 0) is 43.9 Å². The van der Waals surface area contributed by atoms with Gasteiger partial charge < -0.3 is 5.32 Å². The molecular weight excluding hydrogens is 166 g/mol. The Kier molecular flexibility index (Phi) is 3.35. The predicted octanol–water partition coefficient (Wildman–Crippen LogP) is 2.27. The summed E-state index contributed by atoms with van der Waals surface area (Å²) in [5.74, 6) is 2.52. The molecule has 0 aromatic carbocycles. The average molecular weight is 185 g/mol. The van der Waals surface area contributed by atoms with Gasteiger partial charge in [-0.2, -0.15) is 11.8 Å². The summed E-state index contributed by atoms with van der Waals surface area (Å²) in [7, 11) is 0. The molecule has 1 aliphatic carbocycles. The van der Waals surface area contributed by atoms with Crippen LogP contribution in [0.2, 0.25) is 0 Å². The van der Waals surface area contributed by atoms with Crippen molar-refractivity contribution in [3.05, 3.63) is 0 Å². The molecule has 0 aromatic rings. The smallest absolute Gasteiger partial charge is 0.0173 e. The summed E-state index contributed by atoms with van der Waals surface area (Å²) in [5.41, 5.74) is 0. The van der Waals surface area contributed by atoms with Crippen molar-refractivity contribution in [2.75, 3.05) is 18.8 Å². The number of hydrogen-bond donors (Lipinski definition) is 1. The standard InChI is InChI=1S/C10H19NS/c1-3-9(4-1)8-12-10-5-2-6-11-7-10/h9-11H,1-8H2. The number of hydrogen-bond acceptors (Lipinski definition) is 2. The van der Waals surface area contributed by atoms with Crippen molar-refractivity contribution in [2.24, 2.45) is 5.92 Å². The summed E-state index contributed by atoms with van der Waals surface area (Å²) < 4.78 is 0. The second-order valence-electron chi connectivity index (χ2n) is 4.10. The summed E-state index contributed by atoms with van der Waals surface area (Å²) in [4.78, 5) is 0. The van der Waals surface area contributed by atoms with E-state index in [0.717, 1.165) is 11.2 Å². The summed E-state index contributed by atoms with van der Waals surface area (Å²) in [5, 5.41) is 4.40. The fraction of sp³-hybridized carbons (Fsp3) is 1.00. The number of nitrogens with one attached hydrogen (secondary N) is 1. The van der Waals surface area contributed by atoms with E-state index in [0.29, 0.717) is 0 Å². The van der Waals surface area contributed by atoms with Gasteiger partial charge in [-0.3, -0.25) is 0 Å². The van der Waals surface area contributed by atoms with Crippen LogP contribution in [-0.4, -0.2) is 24.1 Å². The minimum absolute atomic E-state index is 0.930. The molecule has 2 rings (SSSR count). The molecule has 1 N–H and O–H groups in total. The third-order valence-electron chi connectivity index (χ3n) is 3.04. The van der Waals surface area contributed by atoms with E-state index in [-0.39, 0.29) is 0 Å². The van der Waals surface area contributed by atoms with Crippen LogP contribution >= 0.6 is 11.8 Å². The molecule has 1 saturated heterocycles. The van der Waals surface area contributed by atoms with Crippen LogP contribution in [0.15, 0.2) is 0 Å². The van der Waals surface area contributed by atoms with Crippen molar-refractivity contribution in [2.45, 2.75) is 37.4 Å². The fourth-order valence-corrected chi connectivity index (χ4v) is 3.34. The van der Waals surface area contributed by atoms with E-state index in [4.69, 9.17) is 0 Å². The van der Waals surface area contributed by atoms with Crippen LogP contribution in [-0.2, 0) is 0 Å². The molecule has 0 spiro atoms. The summed E-state index contributed by atoms with van der Waals surface area (Å²) in [6.45, 7) is 2.51. The van der Waals surface area contributed by atoms with Crippen molar-refractivity contribution in [3.63, 3.8) is 0 Å². The monoisotopic (exact) mass is 185 g/mol. The Bertz CT molecular complexity index is 128. The van der Waals surface area contributed by atoms with E-state index in [9.17, 15) is 0 Å². The van der Waals surface area contributed by atoms with Gasteiger partial charge in [0.05, 0.1) is 0 Å². The van der Waals surface area contributed by atoms with Gasteiger partial charge in [-0.25, -0.2) is 0 Å². The lowest BCUT2D eigenvalue weighted by molar-refractivity contribution is 0.352. The number of thioether (sulfide) groups is 1. The molecule has 1 nitrogen and oxygen atoms in total. The lowest BCUT2D eigenvalue weighted by Crippen LogP contribution is -2.32. The molecule has 0 amide bonds. The molecule has 2 aliphatic rings. The Morgan fingerprint density at radius 1 is 1.17 bits per heavy atom. The molecule has 0 aromatic heterocycles. The molecule has 1 atom stereocenters. The summed E-state index contributed by atoms with van der Waals surface area (Å²) in [6, 6.07) is 0. The van der Waals surface area contributed by atoms with Gasteiger partial charge in [0.15, 0.2) is 0 Å². The van der Waals surface area contributed by atoms with Crippen LogP contribution in [0.5, 0.6) is 0 Å². The Labute approximate surface area is 79.7 Å². The van der Waals surface area contributed by atoms with Crippen molar-refractivity contribution < 1.29 is 0 Å². The van der Waals surface area contributed by atoms with E-state index < -0.39 is 0 Å². The van der Waals surface area contributed by atoms with E-state index in [1.807, 2.05) is 0 Å². The molecule has 1 saturated carbocycles. The highest BCUT2D eigenvalue weighted by Crippen LogP contribution is 2.32. The van der Waals surface area contributed by atoms with E-state index >= 15 is 0 Å². The number of rotatable bonds is 3. The van der Waals surface area contributed by atoms with Crippen molar-refractivity contribution in [1.29, 1.82) is 0 Å². The largest absolute Gasteiger partial charge is 0.316 e. The highest BCUT2D eigenvalue weighted by Gasteiger charge is 2.20. The van der Waals surface area contributed by atoms with Crippen LogP contribution in [0.25, 0.3) is 0 Å². The highest BCUT2D eigenvalue weighted by molar-refractivity contribution is 7.99. The Morgan fingerprint density at radius 2 is 2.08 bits per heavy atom. The second-order valence-corrected chi connectivity index (χ2v) is 5.43. The van der Waals surface area contributed by atoms with E-state index in [1.165, 1.54) is 50.9 Å². The third-order valence-corrected chi connectivity index (χ3v) is 4.58. The first-order chi connectivity index (χ1) is 5.95. The SMILES string of the molecule is C1CC(CSC2CCCNC2)C1. The zero-order valence-electron chi connectivity index (χ0n) is 7.72. The minimum atomic E-state index is 0.930. The van der Waals surface area contributed by atoms with Crippen molar-refractivity contribution >= 4 is 11.8 Å². The van der Waals surface area contributed by atoms with E-state index in [1.54, 1.807) is 0 Å². The first-order valence-corrected chi connectivity index (χ1v) is 6.32. The van der Waals surface area contributed by atoms with Crippen molar-refractivity contribution in [1.82, 2.24) is 5.32 Å². The molecule has 0 bridgehead atoms. The maximum atomic E-state index is 3.47. The first kappa shape index (κ1) is 8.89. The minimum Gasteiger partial charge on any atom is -0.316 e. The third kappa shape index (κ3) is 2.40. The molecule has 12 heavy (non-hydrogen) atoms. The van der Waals surface area contributed by atoms with Gasteiger partial charge >= 0.3 is 0 Å². The Morgan fingerprint density at radius 3 is 2.67 bits per heavy atom. The Hall–Kier alpha value is 0.310. The van der Waals surface area contributed by atoms with E-state index in [2.05, 4.69) is 17.1 Å². The van der Waals surface area contributed by atoms with Crippen molar-refractivity contribution in [3.8, 4) is 0 Å². The van der Waals surface area contributed by atoms with Gasteiger partial charge in [0.2, 0.25) is 0 Å². The van der Waals surface area contributed by atoms with Crippen LogP contribution < -0.4 is 5.32 Å². The predicted molar refractivity (Wildman–Crippen MR) is 55.7 cm³/mol. The molecule has 2 heteroatoms. The average Bonchev–Trinajstić information content (AvgIpc) is 2.04. The molecule has 1 unspecified atom stereocenters. The van der Waals surface area contributed by atoms with Crippen LogP contribution in [0.3, 0.4) is 0 Å². The van der Waals surface area contributed by atoms with Gasteiger partial charge in [0.25, 0.3) is 0 Å². The van der Waals surface area contributed by atoms with Crippen LogP contribution in [0.4, 0.5) is 0 Å². The fourth-order valence-electron chi connectivity index (χ4n) is 1.89. The van der Waals surface area contributed by atoms with Gasteiger partial charge in [0.1, 0.15) is 0 Å². The maximum Gasteiger partial charge on any atom is 0.0173 e. The molecule has 1 aliphatic heterocycles. The molecular formula is C10H19NS. The van der Waals surface area contributed by atoms with Crippen LogP contribution in [0.1, 0.15) is 32.1 Å². The molecule has 70 valence electrons. The normalized spacial score (nSPS) is 31.5. The molecule has 2 fully saturated rings. The number of piperidine rings is 1. The topological polar surface area (TPSA) is 12.0 Å². The summed E-state index contributed by atoms with van der Waals surface area (Å²) in [6.07, 6.45) is 7.35. The first-order valence-electron chi connectivity index (χ1n) is 5.27. The summed E-state index contributed by atoms with van der Waals surface area (Å²) >= 11 is 2.22. The van der Waals surface area contributed by atoms with Gasteiger partial charge in [-0.15, -0.1) is 0 Å².